The van der Waals surface area contributed by atoms with Gasteiger partial charge in [0.05, 0.1) is 22.1 Å². The average Bonchev–Trinajstić information content (AvgIpc) is 3.11. The van der Waals surface area contributed by atoms with Crippen LogP contribution in [0.5, 0.6) is 0 Å². The first-order valence-electron chi connectivity index (χ1n) is 8.79. The Morgan fingerprint density at radius 2 is 2.12 bits per heavy atom. The highest BCUT2D eigenvalue weighted by atomic mass is 16.2. The van der Waals surface area contributed by atoms with Crippen LogP contribution in [0.3, 0.4) is 0 Å². The number of aromatic amines is 1. The van der Waals surface area contributed by atoms with E-state index in [0.717, 1.165) is 53.1 Å². The van der Waals surface area contributed by atoms with Crippen molar-refractivity contribution in [1.29, 1.82) is 0 Å². The third kappa shape index (κ3) is 2.42. The minimum atomic E-state index is -0.503. The number of hydrogen-bond donors (Lipinski definition) is 1. The SMILES string of the molecule is CCCCN1C(=O)C(C)(C)c2cc3[nH]c(-c4cccnc4)nc3cc21. The lowest BCUT2D eigenvalue weighted by molar-refractivity contribution is -0.122. The fourth-order valence-electron chi connectivity index (χ4n) is 3.51. The van der Waals surface area contributed by atoms with Crippen molar-refractivity contribution in [2.45, 2.75) is 39.0 Å². The maximum absolute atomic E-state index is 12.9. The largest absolute Gasteiger partial charge is 0.338 e. The molecule has 4 rings (SSSR count). The van der Waals surface area contributed by atoms with Gasteiger partial charge in [0.25, 0.3) is 0 Å². The van der Waals surface area contributed by atoms with Crippen LogP contribution in [-0.2, 0) is 10.2 Å². The number of carbonyl (C=O) groups excluding carboxylic acids is 1. The molecule has 0 radical (unpaired) electrons. The number of fused-ring (bicyclic) bond motifs is 2. The number of benzene rings is 1. The minimum absolute atomic E-state index is 0.177. The van der Waals surface area contributed by atoms with Gasteiger partial charge in [-0.3, -0.25) is 9.78 Å². The maximum atomic E-state index is 12.9. The summed E-state index contributed by atoms with van der Waals surface area (Å²) in [6.45, 7) is 6.91. The Kier molecular flexibility index (Phi) is 3.60. The Labute approximate surface area is 147 Å². The summed E-state index contributed by atoms with van der Waals surface area (Å²) in [4.78, 5) is 27.0. The molecule has 0 spiro atoms. The second-order valence-electron chi connectivity index (χ2n) is 7.15. The molecule has 0 saturated heterocycles. The zero-order valence-electron chi connectivity index (χ0n) is 14.8. The Hall–Kier alpha value is -2.69. The number of unbranched alkanes of at least 4 members (excludes halogenated alkanes) is 1. The highest BCUT2D eigenvalue weighted by molar-refractivity contribution is 6.09. The molecule has 1 N–H and O–H groups in total. The van der Waals surface area contributed by atoms with Gasteiger partial charge >= 0.3 is 0 Å². The molecular weight excluding hydrogens is 312 g/mol. The van der Waals surface area contributed by atoms with Gasteiger partial charge in [-0.2, -0.15) is 0 Å². The third-order valence-corrected chi connectivity index (χ3v) is 5.01. The molecule has 5 heteroatoms. The molecule has 2 aromatic heterocycles. The van der Waals surface area contributed by atoms with E-state index in [9.17, 15) is 4.79 Å². The fourth-order valence-corrected chi connectivity index (χ4v) is 3.51. The summed E-state index contributed by atoms with van der Waals surface area (Å²) in [5.74, 6) is 0.979. The second kappa shape index (κ2) is 5.69. The number of amides is 1. The van der Waals surface area contributed by atoms with Gasteiger partial charge in [-0.25, -0.2) is 4.98 Å². The van der Waals surface area contributed by atoms with E-state index < -0.39 is 5.41 Å². The van der Waals surface area contributed by atoms with Gasteiger partial charge in [-0.05, 0) is 50.1 Å². The monoisotopic (exact) mass is 334 g/mol. The number of carbonyl (C=O) groups is 1. The normalized spacial score (nSPS) is 15.8. The van der Waals surface area contributed by atoms with Crippen molar-refractivity contribution in [2.75, 3.05) is 11.4 Å². The smallest absolute Gasteiger partial charge is 0.237 e. The molecule has 0 atom stereocenters. The first kappa shape index (κ1) is 15.8. The van der Waals surface area contributed by atoms with Gasteiger partial charge in [0, 0.05) is 24.5 Å². The molecule has 0 fully saturated rings. The van der Waals surface area contributed by atoms with Gasteiger partial charge in [-0.1, -0.05) is 13.3 Å². The van der Waals surface area contributed by atoms with Gasteiger partial charge in [0.2, 0.25) is 5.91 Å². The molecule has 25 heavy (non-hydrogen) atoms. The number of pyridine rings is 1. The molecule has 128 valence electrons. The summed E-state index contributed by atoms with van der Waals surface area (Å²) in [7, 11) is 0. The average molecular weight is 334 g/mol. The molecule has 1 aromatic carbocycles. The van der Waals surface area contributed by atoms with Crippen molar-refractivity contribution in [3.8, 4) is 11.4 Å². The number of rotatable bonds is 4. The van der Waals surface area contributed by atoms with Crippen LogP contribution in [0.4, 0.5) is 5.69 Å². The molecule has 0 saturated carbocycles. The Bertz CT molecular complexity index is 943. The highest BCUT2D eigenvalue weighted by Crippen LogP contribution is 2.43. The maximum Gasteiger partial charge on any atom is 0.237 e. The number of nitrogens with one attached hydrogen (secondary N) is 1. The van der Waals surface area contributed by atoms with Crippen molar-refractivity contribution in [1.82, 2.24) is 15.0 Å². The summed E-state index contributed by atoms with van der Waals surface area (Å²) in [6.07, 6.45) is 5.61. The molecule has 0 aliphatic carbocycles. The van der Waals surface area contributed by atoms with E-state index in [1.165, 1.54) is 0 Å². The first-order chi connectivity index (χ1) is 12.0. The number of H-pyrrole nitrogens is 1. The van der Waals surface area contributed by atoms with Crippen LogP contribution in [0.2, 0.25) is 0 Å². The van der Waals surface area contributed by atoms with Crippen molar-refractivity contribution >= 4 is 22.6 Å². The zero-order chi connectivity index (χ0) is 17.6. The molecule has 3 aromatic rings. The van der Waals surface area contributed by atoms with Crippen LogP contribution in [0.1, 0.15) is 39.2 Å². The molecule has 0 unspecified atom stereocenters. The second-order valence-corrected chi connectivity index (χ2v) is 7.15. The van der Waals surface area contributed by atoms with Crippen molar-refractivity contribution in [2.24, 2.45) is 0 Å². The van der Waals surface area contributed by atoms with Crippen molar-refractivity contribution in [3.05, 3.63) is 42.2 Å². The van der Waals surface area contributed by atoms with Crippen LogP contribution < -0.4 is 4.90 Å². The Balaban J connectivity index is 1.84. The van der Waals surface area contributed by atoms with Crippen molar-refractivity contribution in [3.63, 3.8) is 0 Å². The van der Waals surface area contributed by atoms with Crippen molar-refractivity contribution < 1.29 is 4.79 Å². The van der Waals surface area contributed by atoms with E-state index in [1.54, 1.807) is 12.4 Å². The van der Waals surface area contributed by atoms with E-state index in [1.807, 2.05) is 36.9 Å². The minimum Gasteiger partial charge on any atom is -0.338 e. The third-order valence-electron chi connectivity index (χ3n) is 5.01. The number of imidazole rings is 1. The Morgan fingerprint density at radius 1 is 1.28 bits per heavy atom. The molecule has 1 aliphatic rings. The molecule has 5 nitrogen and oxygen atoms in total. The van der Waals surface area contributed by atoms with Crippen LogP contribution in [-0.4, -0.2) is 27.4 Å². The highest BCUT2D eigenvalue weighted by Gasteiger charge is 2.43. The number of aromatic nitrogens is 3. The van der Waals surface area contributed by atoms with Gasteiger partial charge < -0.3 is 9.88 Å². The van der Waals surface area contributed by atoms with E-state index in [-0.39, 0.29) is 5.91 Å². The predicted molar refractivity (Wildman–Crippen MR) is 99.6 cm³/mol. The van der Waals surface area contributed by atoms with Crippen LogP contribution in [0.15, 0.2) is 36.7 Å². The first-order valence-corrected chi connectivity index (χ1v) is 8.79. The summed E-state index contributed by atoms with van der Waals surface area (Å²) in [5.41, 5.74) is 4.36. The van der Waals surface area contributed by atoms with Gasteiger partial charge in [0.1, 0.15) is 5.82 Å². The lowest BCUT2D eigenvalue weighted by Gasteiger charge is -2.20. The standard InChI is InChI=1S/C20H22N4O/c1-4-5-9-24-17-11-16-15(10-14(17)20(2,3)19(24)25)22-18(23-16)13-7-6-8-21-12-13/h6-8,10-12H,4-5,9H2,1-3H3,(H,22,23). The molecule has 3 heterocycles. The van der Waals surface area contributed by atoms with Gasteiger partial charge in [0.15, 0.2) is 0 Å². The number of hydrogen-bond acceptors (Lipinski definition) is 3. The summed E-state index contributed by atoms with van der Waals surface area (Å²) in [6, 6.07) is 8.01. The fraction of sp³-hybridized carbons (Fsp3) is 0.350. The predicted octanol–water partition coefficient (Wildman–Crippen LogP) is 4.05. The number of nitrogens with zero attached hydrogens (tertiary/aromatic N) is 3. The van der Waals surface area contributed by atoms with Gasteiger partial charge in [-0.15, -0.1) is 0 Å². The molecule has 1 amide bonds. The Morgan fingerprint density at radius 3 is 2.84 bits per heavy atom. The van der Waals surface area contributed by atoms with E-state index in [0.29, 0.717) is 0 Å². The zero-order valence-corrected chi connectivity index (χ0v) is 14.8. The van der Waals surface area contributed by atoms with Crippen LogP contribution >= 0.6 is 0 Å². The summed E-state index contributed by atoms with van der Waals surface area (Å²) in [5, 5.41) is 0. The molecular formula is C20H22N4O. The quantitative estimate of drug-likeness (QED) is 0.783. The summed E-state index contributed by atoms with van der Waals surface area (Å²) < 4.78 is 0. The van der Waals surface area contributed by atoms with Crippen LogP contribution in [0, 0.1) is 0 Å². The lowest BCUT2D eigenvalue weighted by atomic mass is 9.86. The van der Waals surface area contributed by atoms with Crippen LogP contribution in [0.25, 0.3) is 22.4 Å². The number of anilines is 1. The molecule has 1 aliphatic heterocycles. The van der Waals surface area contributed by atoms with E-state index >= 15 is 0 Å². The van der Waals surface area contributed by atoms with E-state index in [2.05, 4.69) is 23.0 Å². The van der Waals surface area contributed by atoms with E-state index in [4.69, 9.17) is 4.98 Å². The summed E-state index contributed by atoms with van der Waals surface area (Å²) >= 11 is 0. The lowest BCUT2D eigenvalue weighted by Crippen LogP contribution is -2.36. The topological polar surface area (TPSA) is 61.9 Å². The molecule has 0 bridgehead atoms.